The maximum atomic E-state index is 5.16. The van der Waals surface area contributed by atoms with Crippen LogP contribution in [0.1, 0.15) is 18.5 Å². The van der Waals surface area contributed by atoms with E-state index in [1.54, 1.807) is 19.5 Å². The summed E-state index contributed by atoms with van der Waals surface area (Å²) in [5.41, 5.74) is 0.874. The molecule has 2 N–H and O–H groups in total. The van der Waals surface area contributed by atoms with Crippen molar-refractivity contribution in [3.8, 4) is 5.88 Å². The third kappa shape index (κ3) is 3.64. The monoisotopic (exact) mass is 236 g/mol. The molecular weight excluding hydrogens is 216 g/mol. The molecule has 1 atom stereocenters. The first-order valence-electron chi connectivity index (χ1n) is 6.15. The van der Waals surface area contributed by atoms with Gasteiger partial charge in [0.1, 0.15) is 5.69 Å². The van der Waals surface area contributed by atoms with Crippen LogP contribution in [-0.4, -0.2) is 36.7 Å². The van der Waals surface area contributed by atoms with Crippen LogP contribution < -0.4 is 15.4 Å². The third-order valence-electron chi connectivity index (χ3n) is 3.05. The van der Waals surface area contributed by atoms with Crippen molar-refractivity contribution in [2.24, 2.45) is 5.92 Å². The number of ether oxygens (including phenoxy) is 1. The summed E-state index contributed by atoms with van der Waals surface area (Å²) in [7, 11) is 1.62. The maximum absolute atomic E-state index is 5.16. The van der Waals surface area contributed by atoms with Gasteiger partial charge < -0.3 is 15.4 Å². The molecule has 0 aromatic carbocycles. The number of hydrogen-bond acceptors (Lipinski definition) is 5. The molecule has 1 fully saturated rings. The van der Waals surface area contributed by atoms with E-state index >= 15 is 0 Å². The van der Waals surface area contributed by atoms with Crippen LogP contribution in [-0.2, 0) is 6.54 Å². The van der Waals surface area contributed by atoms with E-state index in [0.29, 0.717) is 12.4 Å². The average Bonchev–Trinajstić information content (AvgIpc) is 2.40. The van der Waals surface area contributed by atoms with Gasteiger partial charge in [-0.15, -0.1) is 0 Å². The predicted octanol–water partition coefficient (Wildman–Crippen LogP) is 0.574. The summed E-state index contributed by atoms with van der Waals surface area (Å²) in [6, 6.07) is 0. The number of rotatable bonds is 5. The van der Waals surface area contributed by atoms with E-state index in [0.717, 1.165) is 31.2 Å². The Labute approximate surface area is 102 Å². The van der Waals surface area contributed by atoms with E-state index in [1.165, 1.54) is 12.8 Å². The van der Waals surface area contributed by atoms with Crippen LogP contribution in [0.2, 0.25) is 0 Å². The van der Waals surface area contributed by atoms with Gasteiger partial charge in [-0.25, -0.2) is 4.98 Å². The second-order valence-corrected chi connectivity index (χ2v) is 4.36. The molecule has 0 amide bonds. The number of hydrogen-bond donors (Lipinski definition) is 2. The minimum atomic E-state index is 0.613. The smallest absolute Gasteiger partial charge is 0.236 e. The molecule has 1 aliphatic heterocycles. The highest BCUT2D eigenvalue weighted by Gasteiger charge is 2.12. The van der Waals surface area contributed by atoms with Gasteiger partial charge in [-0.2, -0.15) is 0 Å². The number of nitrogens with one attached hydrogen (secondary N) is 2. The molecule has 1 aromatic heterocycles. The van der Waals surface area contributed by atoms with Gasteiger partial charge in [0, 0.05) is 18.9 Å². The number of methoxy groups -OCH3 is 1. The minimum Gasteiger partial charge on any atom is -0.480 e. The zero-order valence-electron chi connectivity index (χ0n) is 10.3. The number of aromatic nitrogens is 2. The molecule has 0 radical (unpaired) electrons. The molecule has 0 saturated carbocycles. The molecule has 0 aliphatic carbocycles. The molecule has 1 aliphatic rings. The summed E-state index contributed by atoms with van der Waals surface area (Å²) in [5, 5.41) is 6.84. The Kier molecular flexibility index (Phi) is 4.70. The maximum Gasteiger partial charge on any atom is 0.236 e. The van der Waals surface area contributed by atoms with Crippen molar-refractivity contribution < 1.29 is 4.74 Å². The topological polar surface area (TPSA) is 59.1 Å². The van der Waals surface area contributed by atoms with Crippen molar-refractivity contribution >= 4 is 0 Å². The lowest BCUT2D eigenvalue weighted by Gasteiger charge is -2.22. The second kappa shape index (κ2) is 6.51. The fourth-order valence-corrected chi connectivity index (χ4v) is 2.14. The summed E-state index contributed by atoms with van der Waals surface area (Å²) in [4.78, 5) is 8.39. The van der Waals surface area contributed by atoms with Crippen molar-refractivity contribution in [2.45, 2.75) is 19.4 Å². The van der Waals surface area contributed by atoms with Crippen LogP contribution in [0.25, 0.3) is 0 Å². The first kappa shape index (κ1) is 12.3. The SMILES string of the molecule is COc1nccnc1CNCC1CCCNC1. The molecule has 2 rings (SSSR count). The Balaban J connectivity index is 1.77. The highest BCUT2D eigenvalue weighted by Crippen LogP contribution is 2.11. The summed E-state index contributed by atoms with van der Waals surface area (Å²) >= 11 is 0. The van der Waals surface area contributed by atoms with E-state index in [-0.39, 0.29) is 0 Å². The van der Waals surface area contributed by atoms with Crippen molar-refractivity contribution in [2.75, 3.05) is 26.7 Å². The quantitative estimate of drug-likeness (QED) is 0.783. The molecule has 5 heteroatoms. The van der Waals surface area contributed by atoms with Crippen LogP contribution in [0.4, 0.5) is 0 Å². The molecule has 2 heterocycles. The van der Waals surface area contributed by atoms with Crippen LogP contribution in [0, 0.1) is 5.92 Å². The zero-order chi connectivity index (χ0) is 11.9. The van der Waals surface area contributed by atoms with Gasteiger partial charge in [0.05, 0.1) is 7.11 Å². The van der Waals surface area contributed by atoms with E-state index in [2.05, 4.69) is 20.6 Å². The molecule has 0 bridgehead atoms. The second-order valence-electron chi connectivity index (χ2n) is 4.36. The zero-order valence-corrected chi connectivity index (χ0v) is 10.3. The Morgan fingerprint density at radius 1 is 1.47 bits per heavy atom. The van der Waals surface area contributed by atoms with E-state index in [1.807, 2.05) is 0 Å². The Morgan fingerprint density at radius 3 is 3.12 bits per heavy atom. The molecule has 0 spiro atoms. The van der Waals surface area contributed by atoms with E-state index in [4.69, 9.17) is 4.74 Å². The highest BCUT2D eigenvalue weighted by molar-refractivity contribution is 5.16. The van der Waals surface area contributed by atoms with Gasteiger partial charge in [0.15, 0.2) is 0 Å². The van der Waals surface area contributed by atoms with Gasteiger partial charge >= 0.3 is 0 Å². The van der Waals surface area contributed by atoms with Crippen LogP contribution in [0.5, 0.6) is 5.88 Å². The standard InChI is InChI=1S/C12H20N4O/c1-17-12-11(15-5-6-16-12)9-14-8-10-3-2-4-13-7-10/h5-6,10,13-14H,2-4,7-9H2,1H3. The minimum absolute atomic E-state index is 0.613. The fraction of sp³-hybridized carbons (Fsp3) is 0.667. The normalized spacial score (nSPS) is 20.2. The lowest BCUT2D eigenvalue weighted by atomic mass is 10.00. The molecule has 5 nitrogen and oxygen atoms in total. The van der Waals surface area contributed by atoms with Crippen LogP contribution in [0.3, 0.4) is 0 Å². The van der Waals surface area contributed by atoms with Crippen molar-refractivity contribution in [1.82, 2.24) is 20.6 Å². The third-order valence-corrected chi connectivity index (χ3v) is 3.05. The Bertz CT molecular complexity index is 339. The van der Waals surface area contributed by atoms with Gasteiger partial charge in [0.25, 0.3) is 0 Å². The van der Waals surface area contributed by atoms with Gasteiger partial charge in [-0.05, 0) is 38.4 Å². The van der Waals surface area contributed by atoms with Gasteiger partial charge in [0.2, 0.25) is 5.88 Å². The number of piperidine rings is 1. The summed E-state index contributed by atoms with van der Waals surface area (Å²) < 4.78 is 5.16. The molecule has 17 heavy (non-hydrogen) atoms. The van der Waals surface area contributed by atoms with Crippen molar-refractivity contribution in [3.05, 3.63) is 18.1 Å². The molecule has 1 unspecified atom stereocenters. The van der Waals surface area contributed by atoms with Crippen LogP contribution in [0.15, 0.2) is 12.4 Å². The predicted molar refractivity (Wildman–Crippen MR) is 65.9 cm³/mol. The molecule has 1 aromatic rings. The van der Waals surface area contributed by atoms with Crippen molar-refractivity contribution in [1.29, 1.82) is 0 Å². The summed E-state index contributed by atoms with van der Waals surface area (Å²) in [6.45, 7) is 4.01. The Morgan fingerprint density at radius 2 is 2.35 bits per heavy atom. The summed E-state index contributed by atoms with van der Waals surface area (Å²) in [5.74, 6) is 1.34. The van der Waals surface area contributed by atoms with Gasteiger partial charge in [-0.3, -0.25) is 4.98 Å². The number of nitrogens with zero attached hydrogens (tertiary/aromatic N) is 2. The van der Waals surface area contributed by atoms with Crippen molar-refractivity contribution in [3.63, 3.8) is 0 Å². The first-order chi connectivity index (χ1) is 8.40. The molecular formula is C12H20N4O. The lowest BCUT2D eigenvalue weighted by Crippen LogP contribution is -2.36. The molecule has 94 valence electrons. The Hall–Kier alpha value is -1.20. The van der Waals surface area contributed by atoms with E-state index < -0.39 is 0 Å². The lowest BCUT2D eigenvalue weighted by molar-refractivity contribution is 0.354. The molecule has 1 saturated heterocycles. The fourth-order valence-electron chi connectivity index (χ4n) is 2.14. The average molecular weight is 236 g/mol. The van der Waals surface area contributed by atoms with Gasteiger partial charge in [-0.1, -0.05) is 0 Å². The largest absolute Gasteiger partial charge is 0.480 e. The first-order valence-corrected chi connectivity index (χ1v) is 6.15. The highest BCUT2D eigenvalue weighted by atomic mass is 16.5. The van der Waals surface area contributed by atoms with Crippen LogP contribution >= 0.6 is 0 Å². The van der Waals surface area contributed by atoms with E-state index in [9.17, 15) is 0 Å². The summed E-state index contributed by atoms with van der Waals surface area (Å²) in [6.07, 6.45) is 5.92.